The number of thioether (sulfide) groups is 1. The Morgan fingerprint density at radius 3 is 2.35 bits per heavy atom. The quantitative estimate of drug-likeness (QED) is 0.641. The number of rotatable bonds is 1. The Morgan fingerprint density at radius 1 is 1.23 bits per heavy atom. The van der Waals surface area contributed by atoms with Crippen LogP contribution in [-0.2, 0) is 14.6 Å². The van der Waals surface area contributed by atoms with Gasteiger partial charge in [-0.25, -0.2) is 8.42 Å². The SMILES string of the molecule is Cc1cc(Br)cc(C)c1N1C(=NC(=O)C(C)(C)C)S[C@@H]2CS(=O)(=O)C[C@@H]21. The second-order valence-corrected chi connectivity index (χ2v) is 12.3. The summed E-state index contributed by atoms with van der Waals surface area (Å²) in [7, 11) is -3.07. The van der Waals surface area contributed by atoms with Gasteiger partial charge in [-0.05, 0) is 37.1 Å². The number of hydrogen-bond donors (Lipinski definition) is 0. The lowest BCUT2D eigenvalue weighted by Crippen LogP contribution is -2.39. The first-order valence-electron chi connectivity index (χ1n) is 8.45. The fourth-order valence-corrected chi connectivity index (χ4v) is 7.95. The van der Waals surface area contributed by atoms with E-state index in [1.807, 2.05) is 51.7 Å². The predicted molar refractivity (Wildman–Crippen MR) is 112 cm³/mol. The molecule has 8 heteroatoms. The maximum absolute atomic E-state index is 12.5. The molecule has 1 amide bonds. The van der Waals surface area contributed by atoms with Crippen LogP contribution in [0, 0.1) is 19.3 Å². The van der Waals surface area contributed by atoms with Gasteiger partial charge in [-0.1, -0.05) is 48.5 Å². The van der Waals surface area contributed by atoms with E-state index in [9.17, 15) is 13.2 Å². The van der Waals surface area contributed by atoms with Crippen molar-refractivity contribution >= 4 is 54.3 Å². The molecule has 0 aliphatic carbocycles. The Kier molecular flexibility index (Phi) is 5.08. The van der Waals surface area contributed by atoms with Crippen molar-refractivity contribution in [1.82, 2.24) is 0 Å². The zero-order valence-corrected chi connectivity index (χ0v) is 18.8. The van der Waals surface area contributed by atoms with Crippen molar-refractivity contribution in [3.8, 4) is 0 Å². The van der Waals surface area contributed by atoms with E-state index in [1.165, 1.54) is 11.8 Å². The van der Waals surface area contributed by atoms with Crippen LogP contribution in [0.15, 0.2) is 21.6 Å². The Balaban J connectivity index is 2.13. The number of benzene rings is 1. The highest BCUT2D eigenvalue weighted by Gasteiger charge is 2.50. The molecule has 0 aromatic heterocycles. The van der Waals surface area contributed by atoms with Crippen LogP contribution < -0.4 is 4.90 Å². The number of aryl methyl sites for hydroxylation is 2. The second kappa shape index (κ2) is 6.63. The molecule has 2 fully saturated rings. The van der Waals surface area contributed by atoms with E-state index in [1.54, 1.807) is 0 Å². The summed E-state index contributed by atoms with van der Waals surface area (Å²) in [6.45, 7) is 9.51. The van der Waals surface area contributed by atoms with Crippen LogP contribution in [0.5, 0.6) is 0 Å². The topological polar surface area (TPSA) is 66.8 Å². The summed E-state index contributed by atoms with van der Waals surface area (Å²) in [6, 6.07) is 3.83. The first-order chi connectivity index (χ1) is 11.9. The molecule has 0 spiro atoms. The normalized spacial score (nSPS) is 26.4. The zero-order chi connectivity index (χ0) is 19.4. The van der Waals surface area contributed by atoms with Crippen molar-refractivity contribution in [2.75, 3.05) is 16.4 Å². The van der Waals surface area contributed by atoms with Crippen LogP contribution in [0.2, 0.25) is 0 Å². The van der Waals surface area contributed by atoms with Gasteiger partial charge in [-0.2, -0.15) is 4.99 Å². The van der Waals surface area contributed by atoms with Gasteiger partial charge in [0.15, 0.2) is 15.0 Å². The first kappa shape index (κ1) is 19.9. The lowest BCUT2D eigenvalue weighted by atomic mass is 9.96. The smallest absolute Gasteiger partial charge is 0.253 e. The molecule has 2 aliphatic rings. The molecular formula is C18H23BrN2O3S2. The molecule has 0 radical (unpaired) electrons. The van der Waals surface area contributed by atoms with E-state index >= 15 is 0 Å². The van der Waals surface area contributed by atoms with Crippen LogP contribution in [0.25, 0.3) is 0 Å². The zero-order valence-electron chi connectivity index (χ0n) is 15.5. The summed E-state index contributed by atoms with van der Waals surface area (Å²) in [5.74, 6) is 0.0404. The third kappa shape index (κ3) is 3.73. The minimum absolute atomic E-state index is 0.0889. The van der Waals surface area contributed by atoms with Crippen molar-refractivity contribution in [2.45, 2.75) is 45.9 Å². The molecule has 0 saturated carbocycles. The van der Waals surface area contributed by atoms with Crippen molar-refractivity contribution in [3.05, 3.63) is 27.7 Å². The van der Waals surface area contributed by atoms with Crippen molar-refractivity contribution < 1.29 is 13.2 Å². The molecule has 0 N–H and O–H groups in total. The summed E-state index contributed by atoms with van der Waals surface area (Å²) in [4.78, 5) is 18.9. The van der Waals surface area contributed by atoms with Crippen LogP contribution in [0.3, 0.4) is 0 Å². The number of anilines is 1. The second-order valence-electron chi connectivity index (χ2n) is 8.01. The Labute approximate surface area is 167 Å². The Morgan fingerprint density at radius 2 is 1.81 bits per heavy atom. The molecule has 2 heterocycles. The predicted octanol–water partition coefficient (Wildman–Crippen LogP) is 3.71. The number of fused-ring (bicyclic) bond motifs is 1. The Bertz CT molecular complexity index is 880. The molecule has 2 atom stereocenters. The van der Waals surface area contributed by atoms with Crippen LogP contribution in [-0.4, -0.2) is 42.3 Å². The molecule has 2 saturated heterocycles. The van der Waals surface area contributed by atoms with Crippen molar-refractivity contribution in [1.29, 1.82) is 0 Å². The highest BCUT2D eigenvalue weighted by atomic mass is 79.9. The van der Waals surface area contributed by atoms with Gasteiger partial charge in [-0.15, -0.1) is 0 Å². The molecule has 26 heavy (non-hydrogen) atoms. The third-order valence-electron chi connectivity index (χ3n) is 4.60. The van der Waals surface area contributed by atoms with Gasteiger partial charge in [0.1, 0.15) is 0 Å². The van der Waals surface area contributed by atoms with Crippen LogP contribution in [0.1, 0.15) is 31.9 Å². The van der Waals surface area contributed by atoms with Gasteiger partial charge in [0.25, 0.3) is 5.91 Å². The van der Waals surface area contributed by atoms with Gasteiger partial charge in [0.2, 0.25) is 0 Å². The minimum atomic E-state index is -3.07. The molecule has 3 rings (SSSR count). The van der Waals surface area contributed by atoms with Gasteiger partial charge in [0, 0.05) is 20.8 Å². The van der Waals surface area contributed by atoms with Gasteiger partial charge < -0.3 is 4.90 Å². The Hall–Kier alpha value is -0.860. The first-order valence-corrected chi connectivity index (χ1v) is 11.9. The lowest BCUT2D eigenvalue weighted by Gasteiger charge is -2.28. The monoisotopic (exact) mass is 458 g/mol. The van der Waals surface area contributed by atoms with Crippen molar-refractivity contribution in [3.63, 3.8) is 0 Å². The van der Waals surface area contributed by atoms with Gasteiger partial charge in [-0.3, -0.25) is 4.79 Å². The molecule has 1 aromatic carbocycles. The molecule has 142 valence electrons. The van der Waals surface area contributed by atoms with Crippen LogP contribution >= 0.6 is 27.7 Å². The number of amides is 1. The molecule has 5 nitrogen and oxygen atoms in total. The van der Waals surface area contributed by atoms with Gasteiger partial charge >= 0.3 is 0 Å². The maximum Gasteiger partial charge on any atom is 0.253 e. The van der Waals surface area contributed by atoms with E-state index in [2.05, 4.69) is 20.9 Å². The number of sulfone groups is 1. The number of hydrogen-bond acceptors (Lipinski definition) is 4. The molecular weight excluding hydrogens is 436 g/mol. The number of nitrogens with zero attached hydrogens (tertiary/aromatic N) is 2. The highest BCUT2D eigenvalue weighted by Crippen LogP contribution is 2.43. The number of amidine groups is 1. The summed E-state index contributed by atoms with van der Waals surface area (Å²) >= 11 is 4.92. The lowest BCUT2D eigenvalue weighted by molar-refractivity contribution is -0.124. The number of aliphatic imine (C=N–C) groups is 1. The fraction of sp³-hybridized carbons (Fsp3) is 0.556. The van der Waals surface area contributed by atoms with Crippen molar-refractivity contribution in [2.24, 2.45) is 10.4 Å². The van der Waals surface area contributed by atoms with E-state index in [-0.39, 0.29) is 28.7 Å². The average molecular weight is 459 g/mol. The summed E-state index contributed by atoms with van der Waals surface area (Å²) in [5, 5.41) is 0.525. The van der Waals surface area contributed by atoms with E-state index in [0.29, 0.717) is 5.17 Å². The third-order valence-corrected chi connectivity index (χ3v) is 8.27. The number of carbonyl (C=O) groups is 1. The summed E-state index contributed by atoms with van der Waals surface area (Å²) in [6.07, 6.45) is 0. The number of carbonyl (C=O) groups excluding carboxylic acids is 1. The largest absolute Gasteiger partial charge is 0.315 e. The molecule has 0 bridgehead atoms. The molecule has 1 aromatic rings. The minimum Gasteiger partial charge on any atom is -0.315 e. The number of halogens is 1. The van der Waals surface area contributed by atoms with E-state index < -0.39 is 15.3 Å². The fourth-order valence-electron chi connectivity index (χ4n) is 3.36. The standard InChI is InChI=1S/C18H23BrN2O3S2/c1-10-6-12(19)7-11(2)15(10)21-13-8-26(23,24)9-14(13)25-17(21)20-16(22)18(3,4)5/h6-7,13-14H,8-9H2,1-5H3/t13-,14+/m0/s1. The van der Waals surface area contributed by atoms with Crippen LogP contribution in [0.4, 0.5) is 5.69 Å². The van der Waals surface area contributed by atoms with E-state index in [0.717, 1.165) is 21.3 Å². The highest BCUT2D eigenvalue weighted by molar-refractivity contribution is 9.10. The average Bonchev–Trinajstić information content (AvgIpc) is 2.90. The molecule has 2 aliphatic heterocycles. The van der Waals surface area contributed by atoms with Gasteiger partial charge in [0.05, 0.1) is 17.5 Å². The van der Waals surface area contributed by atoms with E-state index in [4.69, 9.17) is 0 Å². The molecule has 0 unspecified atom stereocenters. The summed E-state index contributed by atoms with van der Waals surface area (Å²) in [5.41, 5.74) is 2.43. The maximum atomic E-state index is 12.5. The summed E-state index contributed by atoms with van der Waals surface area (Å²) < 4.78 is 25.3.